The van der Waals surface area contributed by atoms with E-state index in [1.54, 1.807) is 19.2 Å². The molecule has 2 rings (SSSR count). The molecule has 0 radical (unpaired) electrons. The van der Waals surface area contributed by atoms with Crippen molar-refractivity contribution in [1.82, 2.24) is 4.31 Å². The third-order valence-electron chi connectivity index (χ3n) is 3.81. The molecule has 2 aromatic carbocycles. The summed E-state index contributed by atoms with van der Waals surface area (Å²) in [5.41, 5.74) is 2.02. The van der Waals surface area contributed by atoms with Gasteiger partial charge in [-0.05, 0) is 30.7 Å². The Morgan fingerprint density at radius 2 is 1.84 bits per heavy atom. The standard InChI is InChI=1S/C18H22N2O4S/c1-13-9-10-15(25(22,23)20(2)3)12-16(13)19-18(21)11-14-7-5-6-8-17(14)24-4/h5-10,12H,11H2,1-4H3,(H,19,21). The lowest BCUT2D eigenvalue weighted by Gasteiger charge is -2.15. The Morgan fingerprint density at radius 3 is 2.48 bits per heavy atom. The van der Waals surface area contributed by atoms with Gasteiger partial charge in [-0.3, -0.25) is 4.79 Å². The van der Waals surface area contributed by atoms with Crippen molar-refractivity contribution in [2.75, 3.05) is 26.5 Å². The Labute approximate surface area is 148 Å². The number of sulfonamides is 1. The normalized spacial score (nSPS) is 11.4. The summed E-state index contributed by atoms with van der Waals surface area (Å²) in [6.07, 6.45) is 0.133. The first-order valence-electron chi connectivity index (χ1n) is 7.70. The van der Waals surface area contributed by atoms with Gasteiger partial charge in [0.1, 0.15) is 5.75 Å². The lowest BCUT2D eigenvalue weighted by Crippen LogP contribution is -2.22. The molecule has 134 valence electrons. The summed E-state index contributed by atoms with van der Waals surface area (Å²) in [5.74, 6) is 0.394. The molecular weight excluding hydrogens is 340 g/mol. The van der Waals surface area contributed by atoms with E-state index in [-0.39, 0.29) is 17.2 Å². The zero-order chi connectivity index (χ0) is 18.6. The number of carbonyl (C=O) groups excluding carboxylic acids is 1. The number of aryl methyl sites for hydroxylation is 1. The van der Waals surface area contributed by atoms with Crippen molar-refractivity contribution in [3.63, 3.8) is 0 Å². The monoisotopic (exact) mass is 362 g/mol. The molecule has 0 bridgehead atoms. The predicted molar refractivity (Wildman–Crippen MR) is 97.4 cm³/mol. The van der Waals surface area contributed by atoms with Gasteiger partial charge in [0.25, 0.3) is 0 Å². The number of anilines is 1. The number of rotatable bonds is 6. The van der Waals surface area contributed by atoms with E-state index in [0.717, 1.165) is 15.4 Å². The van der Waals surface area contributed by atoms with E-state index in [1.165, 1.54) is 26.2 Å². The van der Waals surface area contributed by atoms with E-state index in [9.17, 15) is 13.2 Å². The number of ether oxygens (including phenoxy) is 1. The molecule has 0 spiro atoms. The topological polar surface area (TPSA) is 75.7 Å². The molecule has 0 aliphatic heterocycles. The van der Waals surface area contributed by atoms with Gasteiger partial charge in [-0.1, -0.05) is 24.3 Å². The smallest absolute Gasteiger partial charge is 0.242 e. The number of nitrogens with zero attached hydrogens (tertiary/aromatic N) is 1. The van der Waals surface area contributed by atoms with Crippen LogP contribution < -0.4 is 10.1 Å². The van der Waals surface area contributed by atoms with Crippen LogP contribution in [0.4, 0.5) is 5.69 Å². The average molecular weight is 362 g/mol. The van der Waals surface area contributed by atoms with Crippen LogP contribution in [0.1, 0.15) is 11.1 Å². The molecule has 0 aliphatic carbocycles. The minimum Gasteiger partial charge on any atom is -0.496 e. The van der Waals surface area contributed by atoms with Gasteiger partial charge >= 0.3 is 0 Å². The summed E-state index contributed by atoms with van der Waals surface area (Å²) >= 11 is 0. The Morgan fingerprint density at radius 1 is 1.16 bits per heavy atom. The highest BCUT2D eigenvalue weighted by Crippen LogP contribution is 2.23. The molecule has 0 aliphatic rings. The summed E-state index contributed by atoms with van der Waals surface area (Å²) in [6.45, 7) is 1.81. The molecule has 0 heterocycles. The maximum atomic E-state index is 12.4. The van der Waals surface area contributed by atoms with Crippen molar-refractivity contribution >= 4 is 21.6 Å². The van der Waals surface area contributed by atoms with Crippen LogP contribution in [0, 0.1) is 6.92 Å². The fraction of sp³-hybridized carbons (Fsp3) is 0.278. The molecule has 1 N–H and O–H groups in total. The van der Waals surface area contributed by atoms with Crippen molar-refractivity contribution in [3.05, 3.63) is 53.6 Å². The Bertz CT molecular complexity index is 876. The summed E-state index contributed by atoms with van der Waals surface area (Å²) in [6, 6.07) is 12.0. The van der Waals surface area contributed by atoms with Gasteiger partial charge in [-0.15, -0.1) is 0 Å². The van der Waals surface area contributed by atoms with E-state index in [4.69, 9.17) is 4.74 Å². The highest BCUT2D eigenvalue weighted by atomic mass is 32.2. The Balaban J connectivity index is 2.24. The van der Waals surface area contributed by atoms with E-state index in [2.05, 4.69) is 5.32 Å². The molecule has 6 nitrogen and oxygen atoms in total. The lowest BCUT2D eigenvalue weighted by molar-refractivity contribution is -0.115. The molecule has 0 saturated heterocycles. The molecule has 25 heavy (non-hydrogen) atoms. The third kappa shape index (κ3) is 4.37. The van der Waals surface area contributed by atoms with Crippen LogP contribution in [-0.4, -0.2) is 39.8 Å². The molecule has 0 saturated carbocycles. The van der Waals surface area contributed by atoms with Gasteiger partial charge in [0.15, 0.2) is 0 Å². The highest BCUT2D eigenvalue weighted by Gasteiger charge is 2.19. The van der Waals surface area contributed by atoms with Crippen molar-refractivity contribution in [2.24, 2.45) is 0 Å². The summed E-state index contributed by atoms with van der Waals surface area (Å²) in [4.78, 5) is 12.5. The summed E-state index contributed by atoms with van der Waals surface area (Å²) in [5, 5.41) is 2.78. The van der Waals surface area contributed by atoms with Crippen LogP contribution >= 0.6 is 0 Å². The number of amides is 1. The second-order valence-corrected chi connectivity index (χ2v) is 7.95. The molecule has 2 aromatic rings. The maximum Gasteiger partial charge on any atom is 0.242 e. The van der Waals surface area contributed by atoms with E-state index in [0.29, 0.717) is 11.4 Å². The van der Waals surface area contributed by atoms with E-state index in [1.807, 2.05) is 25.1 Å². The van der Waals surface area contributed by atoms with Crippen molar-refractivity contribution in [1.29, 1.82) is 0 Å². The molecule has 0 fully saturated rings. The molecule has 0 aromatic heterocycles. The molecule has 7 heteroatoms. The summed E-state index contributed by atoms with van der Waals surface area (Å²) in [7, 11) is 0.927. The quantitative estimate of drug-likeness (QED) is 0.856. The van der Waals surface area contributed by atoms with Gasteiger partial charge in [0.2, 0.25) is 15.9 Å². The number of benzene rings is 2. The molecular formula is C18H22N2O4S. The second-order valence-electron chi connectivity index (χ2n) is 5.80. The second kappa shape index (κ2) is 7.67. The predicted octanol–water partition coefficient (Wildman–Crippen LogP) is 2.44. The summed E-state index contributed by atoms with van der Waals surface area (Å²) < 4.78 is 30.9. The molecule has 0 unspecified atom stereocenters. The fourth-order valence-corrected chi connectivity index (χ4v) is 3.25. The number of hydrogen-bond acceptors (Lipinski definition) is 4. The maximum absolute atomic E-state index is 12.4. The van der Waals surface area contributed by atoms with Crippen LogP contribution in [0.5, 0.6) is 5.75 Å². The molecule has 0 atom stereocenters. The SMILES string of the molecule is COc1ccccc1CC(=O)Nc1cc(S(=O)(=O)N(C)C)ccc1C. The van der Waals surface area contributed by atoms with Gasteiger partial charge in [0.05, 0.1) is 18.4 Å². The van der Waals surface area contributed by atoms with Crippen molar-refractivity contribution < 1.29 is 17.9 Å². The number of para-hydroxylation sites is 1. The zero-order valence-corrected chi connectivity index (χ0v) is 15.6. The first kappa shape index (κ1) is 19.0. The molecule has 1 amide bonds. The largest absolute Gasteiger partial charge is 0.496 e. The van der Waals surface area contributed by atoms with Crippen LogP contribution in [0.25, 0.3) is 0 Å². The number of carbonyl (C=O) groups is 1. The van der Waals surface area contributed by atoms with Crippen LogP contribution in [0.15, 0.2) is 47.4 Å². The minimum atomic E-state index is -3.56. The van der Waals surface area contributed by atoms with E-state index >= 15 is 0 Å². The van der Waals surface area contributed by atoms with Gasteiger partial charge in [-0.2, -0.15) is 0 Å². The first-order valence-corrected chi connectivity index (χ1v) is 9.14. The third-order valence-corrected chi connectivity index (χ3v) is 5.62. The lowest BCUT2D eigenvalue weighted by atomic mass is 10.1. The van der Waals surface area contributed by atoms with E-state index < -0.39 is 10.0 Å². The zero-order valence-electron chi connectivity index (χ0n) is 14.7. The fourth-order valence-electron chi connectivity index (χ4n) is 2.32. The minimum absolute atomic E-state index is 0.133. The Hall–Kier alpha value is -2.38. The number of hydrogen-bond donors (Lipinski definition) is 1. The van der Waals surface area contributed by atoms with Gasteiger partial charge in [-0.25, -0.2) is 12.7 Å². The van der Waals surface area contributed by atoms with Crippen molar-refractivity contribution in [3.8, 4) is 5.75 Å². The van der Waals surface area contributed by atoms with Crippen LogP contribution in [0.2, 0.25) is 0 Å². The van der Waals surface area contributed by atoms with Gasteiger partial charge < -0.3 is 10.1 Å². The van der Waals surface area contributed by atoms with Crippen LogP contribution in [-0.2, 0) is 21.2 Å². The average Bonchev–Trinajstić information content (AvgIpc) is 2.57. The highest BCUT2D eigenvalue weighted by molar-refractivity contribution is 7.89. The van der Waals surface area contributed by atoms with Gasteiger partial charge in [0, 0.05) is 25.3 Å². The number of nitrogens with one attached hydrogen (secondary N) is 1. The van der Waals surface area contributed by atoms with Crippen LogP contribution in [0.3, 0.4) is 0 Å². The number of methoxy groups -OCH3 is 1. The first-order chi connectivity index (χ1) is 11.8. The van der Waals surface area contributed by atoms with Crippen molar-refractivity contribution in [2.45, 2.75) is 18.2 Å². The Kier molecular flexibility index (Phi) is 5.81.